The van der Waals surface area contributed by atoms with E-state index in [0.29, 0.717) is 12.3 Å². The predicted molar refractivity (Wildman–Crippen MR) is 93.4 cm³/mol. The molecule has 0 aliphatic carbocycles. The number of anilines is 2. The molecule has 3 aromatic rings. The molecule has 0 aliphatic heterocycles. The minimum absolute atomic E-state index is 0.155. The van der Waals surface area contributed by atoms with Crippen molar-refractivity contribution < 1.29 is 9.84 Å². The zero-order chi connectivity index (χ0) is 16.1. The fraction of sp³-hybridized carbons (Fsp3) is 0.100. The molecule has 0 saturated carbocycles. The Balaban J connectivity index is 1.97. The molecule has 0 bridgehead atoms. The summed E-state index contributed by atoms with van der Waals surface area (Å²) < 4.78 is 5.21. The molecule has 1 N–H and O–H groups in total. The number of benzene rings is 3. The zero-order valence-electron chi connectivity index (χ0n) is 13.0. The number of phenols is 1. The molecular formula is C20H19NO2. The van der Waals surface area contributed by atoms with E-state index in [9.17, 15) is 5.11 Å². The molecule has 3 rings (SSSR count). The summed E-state index contributed by atoms with van der Waals surface area (Å²) >= 11 is 0. The van der Waals surface area contributed by atoms with Crippen LogP contribution in [0.3, 0.4) is 0 Å². The van der Waals surface area contributed by atoms with Crippen molar-refractivity contribution in [3.8, 4) is 11.5 Å². The smallest absolute Gasteiger partial charge is 0.160 e. The van der Waals surface area contributed by atoms with Crippen LogP contribution in [0.4, 0.5) is 11.4 Å². The van der Waals surface area contributed by atoms with Gasteiger partial charge in [0.15, 0.2) is 11.5 Å². The van der Waals surface area contributed by atoms with E-state index >= 15 is 0 Å². The Kier molecular flexibility index (Phi) is 4.48. The van der Waals surface area contributed by atoms with Crippen molar-refractivity contribution in [2.45, 2.75) is 6.54 Å². The van der Waals surface area contributed by atoms with E-state index in [1.165, 1.54) is 0 Å². The van der Waals surface area contributed by atoms with E-state index in [4.69, 9.17) is 4.74 Å². The summed E-state index contributed by atoms with van der Waals surface area (Å²) in [7, 11) is 1.56. The summed E-state index contributed by atoms with van der Waals surface area (Å²) in [5.74, 6) is 0.644. The van der Waals surface area contributed by atoms with Crippen LogP contribution in [0.15, 0.2) is 78.9 Å². The Morgan fingerprint density at radius 2 is 1.39 bits per heavy atom. The van der Waals surface area contributed by atoms with Crippen LogP contribution in [0.2, 0.25) is 0 Å². The second kappa shape index (κ2) is 6.88. The summed E-state index contributed by atoms with van der Waals surface area (Å²) in [6.07, 6.45) is 0. The SMILES string of the molecule is COc1cc(CN(c2ccccc2)c2ccccc2)ccc1O. The third kappa shape index (κ3) is 3.46. The largest absolute Gasteiger partial charge is 0.504 e. The number of hydrogen-bond donors (Lipinski definition) is 1. The van der Waals surface area contributed by atoms with Crippen molar-refractivity contribution in [1.29, 1.82) is 0 Å². The van der Waals surface area contributed by atoms with Gasteiger partial charge < -0.3 is 14.7 Å². The Labute approximate surface area is 136 Å². The lowest BCUT2D eigenvalue weighted by molar-refractivity contribution is 0.373. The van der Waals surface area contributed by atoms with Crippen molar-refractivity contribution >= 4 is 11.4 Å². The number of hydrogen-bond acceptors (Lipinski definition) is 3. The van der Waals surface area contributed by atoms with Gasteiger partial charge in [-0.15, -0.1) is 0 Å². The molecule has 0 saturated heterocycles. The quantitative estimate of drug-likeness (QED) is 0.739. The molecule has 0 amide bonds. The van der Waals surface area contributed by atoms with Crippen molar-refractivity contribution in [1.82, 2.24) is 0 Å². The van der Waals surface area contributed by atoms with Crippen molar-refractivity contribution in [2.75, 3.05) is 12.0 Å². The van der Waals surface area contributed by atoms with Crippen molar-refractivity contribution in [3.63, 3.8) is 0 Å². The lowest BCUT2D eigenvalue weighted by Crippen LogP contribution is -2.16. The molecule has 0 aliphatic rings. The highest BCUT2D eigenvalue weighted by Gasteiger charge is 2.11. The van der Waals surface area contributed by atoms with Gasteiger partial charge in [-0.25, -0.2) is 0 Å². The van der Waals surface area contributed by atoms with Gasteiger partial charge in [-0.1, -0.05) is 42.5 Å². The Morgan fingerprint density at radius 1 is 0.826 bits per heavy atom. The summed E-state index contributed by atoms with van der Waals surface area (Å²) in [6, 6.07) is 25.9. The van der Waals surface area contributed by atoms with Gasteiger partial charge in [0.1, 0.15) is 0 Å². The maximum absolute atomic E-state index is 9.76. The number of ether oxygens (including phenoxy) is 1. The molecule has 0 unspecified atom stereocenters. The normalized spacial score (nSPS) is 10.3. The Morgan fingerprint density at radius 3 is 1.91 bits per heavy atom. The fourth-order valence-electron chi connectivity index (χ4n) is 2.55. The number of methoxy groups -OCH3 is 1. The highest BCUT2D eigenvalue weighted by atomic mass is 16.5. The molecule has 0 heterocycles. The molecule has 0 fully saturated rings. The molecule has 23 heavy (non-hydrogen) atoms. The molecule has 0 aromatic heterocycles. The highest BCUT2D eigenvalue weighted by Crippen LogP contribution is 2.31. The van der Waals surface area contributed by atoms with Gasteiger partial charge in [0.05, 0.1) is 7.11 Å². The third-order valence-corrected chi connectivity index (χ3v) is 3.72. The van der Waals surface area contributed by atoms with Crippen LogP contribution < -0.4 is 9.64 Å². The van der Waals surface area contributed by atoms with Crippen LogP contribution in [0.25, 0.3) is 0 Å². The van der Waals surface area contributed by atoms with Crippen LogP contribution in [-0.4, -0.2) is 12.2 Å². The Hall–Kier alpha value is -2.94. The van der Waals surface area contributed by atoms with Crippen LogP contribution in [0.1, 0.15) is 5.56 Å². The number of phenolic OH excluding ortho intramolecular Hbond substituents is 1. The number of para-hydroxylation sites is 2. The van der Waals surface area contributed by atoms with E-state index in [2.05, 4.69) is 29.2 Å². The average Bonchev–Trinajstić information content (AvgIpc) is 2.62. The first kappa shape index (κ1) is 15.0. The average molecular weight is 305 g/mol. The van der Waals surface area contributed by atoms with E-state index in [1.807, 2.05) is 48.5 Å². The van der Waals surface area contributed by atoms with E-state index < -0.39 is 0 Å². The second-order valence-corrected chi connectivity index (χ2v) is 5.26. The molecular weight excluding hydrogens is 286 g/mol. The van der Waals surface area contributed by atoms with Crippen LogP contribution in [0, 0.1) is 0 Å². The fourth-order valence-corrected chi connectivity index (χ4v) is 2.55. The molecule has 0 spiro atoms. The topological polar surface area (TPSA) is 32.7 Å². The lowest BCUT2D eigenvalue weighted by Gasteiger charge is -2.25. The Bertz CT molecular complexity index is 718. The first-order valence-electron chi connectivity index (χ1n) is 7.51. The monoisotopic (exact) mass is 305 g/mol. The number of rotatable bonds is 5. The van der Waals surface area contributed by atoms with Gasteiger partial charge in [0, 0.05) is 17.9 Å². The van der Waals surface area contributed by atoms with Crippen molar-refractivity contribution in [2.24, 2.45) is 0 Å². The van der Waals surface area contributed by atoms with Gasteiger partial charge in [0.2, 0.25) is 0 Å². The van der Waals surface area contributed by atoms with Gasteiger partial charge in [0.25, 0.3) is 0 Å². The molecule has 0 atom stereocenters. The van der Waals surface area contributed by atoms with E-state index in [0.717, 1.165) is 16.9 Å². The van der Waals surface area contributed by atoms with Crippen LogP contribution in [-0.2, 0) is 6.54 Å². The second-order valence-electron chi connectivity index (χ2n) is 5.26. The molecule has 3 aromatic carbocycles. The van der Waals surface area contributed by atoms with Gasteiger partial charge in [-0.3, -0.25) is 0 Å². The first-order chi connectivity index (χ1) is 11.3. The summed E-state index contributed by atoms with van der Waals surface area (Å²) in [5.41, 5.74) is 3.30. The summed E-state index contributed by atoms with van der Waals surface area (Å²) in [5, 5.41) is 9.76. The van der Waals surface area contributed by atoms with Crippen molar-refractivity contribution in [3.05, 3.63) is 84.4 Å². The van der Waals surface area contributed by atoms with E-state index in [-0.39, 0.29) is 5.75 Å². The highest BCUT2D eigenvalue weighted by molar-refractivity contribution is 5.63. The molecule has 116 valence electrons. The predicted octanol–water partition coefficient (Wildman–Crippen LogP) is 4.74. The number of nitrogens with zero attached hydrogens (tertiary/aromatic N) is 1. The van der Waals surface area contributed by atoms with Crippen LogP contribution in [0.5, 0.6) is 11.5 Å². The molecule has 3 heteroatoms. The first-order valence-corrected chi connectivity index (χ1v) is 7.51. The minimum Gasteiger partial charge on any atom is -0.504 e. The maximum Gasteiger partial charge on any atom is 0.160 e. The standard InChI is InChI=1S/C20H19NO2/c1-23-20-14-16(12-13-19(20)22)15-21(17-8-4-2-5-9-17)18-10-6-3-7-11-18/h2-14,22H,15H2,1H3. The van der Waals surface area contributed by atoms with Gasteiger partial charge in [-0.05, 0) is 42.0 Å². The zero-order valence-corrected chi connectivity index (χ0v) is 13.0. The minimum atomic E-state index is 0.155. The molecule has 3 nitrogen and oxygen atoms in total. The van der Waals surface area contributed by atoms with Gasteiger partial charge in [-0.2, -0.15) is 0 Å². The third-order valence-electron chi connectivity index (χ3n) is 3.72. The van der Waals surface area contributed by atoms with Gasteiger partial charge >= 0.3 is 0 Å². The summed E-state index contributed by atoms with van der Waals surface area (Å²) in [6.45, 7) is 0.685. The summed E-state index contributed by atoms with van der Waals surface area (Å²) in [4.78, 5) is 2.23. The molecule has 0 radical (unpaired) electrons. The maximum atomic E-state index is 9.76. The lowest BCUT2D eigenvalue weighted by atomic mass is 10.1. The van der Waals surface area contributed by atoms with Crippen LogP contribution >= 0.6 is 0 Å². The number of aromatic hydroxyl groups is 1. The van der Waals surface area contributed by atoms with E-state index in [1.54, 1.807) is 13.2 Å².